The fraction of sp³-hybridized carbons (Fsp3) is 0.571. The Morgan fingerprint density at radius 3 is 2.50 bits per heavy atom. The summed E-state index contributed by atoms with van der Waals surface area (Å²) in [5.74, 6) is 0.896. The monoisotopic (exact) mass is 253 g/mol. The molecule has 0 aliphatic heterocycles. The number of nitrogens with one attached hydrogen (secondary N) is 1. The number of hydrogen-bond acceptors (Lipinski definition) is 4. The molecule has 0 saturated carbocycles. The number of rotatable bonds is 8. The highest BCUT2D eigenvalue weighted by molar-refractivity contribution is 5.28. The highest BCUT2D eigenvalue weighted by Crippen LogP contribution is 2.12. The Balaban J connectivity index is 2.36. The van der Waals surface area contributed by atoms with E-state index >= 15 is 0 Å². The maximum absolute atomic E-state index is 5.20. The van der Waals surface area contributed by atoms with Gasteiger partial charge in [-0.05, 0) is 37.6 Å². The smallest absolute Gasteiger partial charge is 0.171 e. The van der Waals surface area contributed by atoms with E-state index in [4.69, 9.17) is 14.2 Å². The summed E-state index contributed by atoms with van der Waals surface area (Å²) in [4.78, 5) is 0. The molecule has 0 heterocycles. The first kappa shape index (κ1) is 15.0. The highest BCUT2D eigenvalue weighted by atomic mass is 16.7. The van der Waals surface area contributed by atoms with Crippen molar-refractivity contribution < 1.29 is 14.2 Å². The van der Waals surface area contributed by atoms with E-state index in [1.165, 1.54) is 5.56 Å². The molecule has 0 amide bonds. The van der Waals surface area contributed by atoms with Crippen LogP contribution in [0.25, 0.3) is 0 Å². The van der Waals surface area contributed by atoms with Crippen molar-refractivity contribution in [1.82, 2.24) is 5.32 Å². The van der Waals surface area contributed by atoms with Gasteiger partial charge in [0.25, 0.3) is 0 Å². The molecule has 1 atom stereocenters. The van der Waals surface area contributed by atoms with Crippen molar-refractivity contribution in [3.63, 3.8) is 0 Å². The fourth-order valence-corrected chi connectivity index (χ4v) is 1.87. The molecule has 0 aliphatic rings. The Hall–Kier alpha value is -1.10. The first-order valence-electron chi connectivity index (χ1n) is 6.13. The summed E-state index contributed by atoms with van der Waals surface area (Å²) < 4.78 is 15.6. The summed E-state index contributed by atoms with van der Waals surface area (Å²) in [6.07, 6.45) is 0.733. The van der Waals surface area contributed by atoms with E-state index in [9.17, 15) is 0 Å². The van der Waals surface area contributed by atoms with Crippen molar-refractivity contribution in [3.8, 4) is 5.75 Å². The summed E-state index contributed by atoms with van der Waals surface area (Å²) in [5, 5.41) is 3.38. The Kier molecular flexibility index (Phi) is 6.72. The first-order valence-corrected chi connectivity index (χ1v) is 6.13. The molecule has 1 aromatic rings. The van der Waals surface area contributed by atoms with Crippen molar-refractivity contribution in [2.24, 2.45) is 0 Å². The van der Waals surface area contributed by atoms with Gasteiger partial charge < -0.3 is 19.5 Å². The van der Waals surface area contributed by atoms with Crippen LogP contribution in [0.15, 0.2) is 24.3 Å². The van der Waals surface area contributed by atoms with Crippen LogP contribution >= 0.6 is 0 Å². The van der Waals surface area contributed by atoms with E-state index in [0.717, 1.165) is 18.7 Å². The van der Waals surface area contributed by atoms with E-state index in [0.29, 0.717) is 0 Å². The highest BCUT2D eigenvalue weighted by Gasteiger charge is 2.14. The maximum atomic E-state index is 5.20. The minimum absolute atomic E-state index is 0.158. The van der Waals surface area contributed by atoms with Crippen LogP contribution < -0.4 is 10.1 Å². The molecular formula is C14H23NO3. The van der Waals surface area contributed by atoms with Crippen molar-refractivity contribution in [3.05, 3.63) is 29.8 Å². The molecule has 0 fully saturated rings. The molecule has 0 saturated heterocycles. The van der Waals surface area contributed by atoms with Gasteiger partial charge in [0.15, 0.2) is 6.29 Å². The molecule has 102 valence electrons. The molecular weight excluding hydrogens is 230 g/mol. The summed E-state index contributed by atoms with van der Waals surface area (Å²) >= 11 is 0. The van der Waals surface area contributed by atoms with E-state index in [-0.39, 0.29) is 12.3 Å². The van der Waals surface area contributed by atoms with Crippen LogP contribution in [0.4, 0.5) is 0 Å². The number of benzene rings is 1. The van der Waals surface area contributed by atoms with Crippen LogP contribution in [0.3, 0.4) is 0 Å². The zero-order valence-electron chi connectivity index (χ0n) is 11.6. The number of ether oxygens (including phenoxy) is 3. The molecule has 0 radical (unpaired) electrons. The van der Waals surface area contributed by atoms with Gasteiger partial charge in [0.2, 0.25) is 0 Å². The van der Waals surface area contributed by atoms with Crippen LogP contribution in [0.2, 0.25) is 0 Å². The summed E-state index contributed by atoms with van der Waals surface area (Å²) in [5.41, 5.74) is 1.25. The van der Waals surface area contributed by atoms with E-state index < -0.39 is 0 Å². The quantitative estimate of drug-likeness (QED) is 0.718. The maximum Gasteiger partial charge on any atom is 0.171 e. The Labute approximate surface area is 109 Å². The average molecular weight is 253 g/mol. The second-order valence-corrected chi connectivity index (χ2v) is 4.18. The molecule has 0 aromatic heterocycles. The predicted octanol–water partition coefficient (Wildman–Crippen LogP) is 1.83. The average Bonchev–Trinajstić information content (AvgIpc) is 2.40. The van der Waals surface area contributed by atoms with Gasteiger partial charge in [-0.3, -0.25) is 0 Å². The van der Waals surface area contributed by atoms with Gasteiger partial charge in [0.05, 0.1) is 13.2 Å². The molecule has 18 heavy (non-hydrogen) atoms. The van der Waals surface area contributed by atoms with Crippen molar-refractivity contribution >= 4 is 0 Å². The normalized spacial score (nSPS) is 12.7. The van der Waals surface area contributed by atoms with Crippen molar-refractivity contribution in [2.75, 3.05) is 27.9 Å². The Bertz CT molecular complexity index is 340. The summed E-state index contributed by atoms with van der Waals surface area (Å²) in [7, 11) is 4.98. The van der Waals surface area contributed by atoms with Crippen LogP contribution in [0.1, 0.15) is 12.5 Å². The van der Waals surface area contributed by atoms with Crippen LogP contribution in [0, 0.1) is 0 Å². The lowest BCUT2D eigenvalue weighted by molar-refractivity contribution is -0.119. The van der Waals surface area contributed by atoms with Gasteiger partial charge in [0.1, 0.15) is 5.75 Å². The zero-order chi connectivity index (χ0) is 13.4. The minimum Gasteiger partial charge on any atom is -0.497 e. The lowest BCUT2D eigenvalue weighted by Crippen LogP contribution is -2.40. The molecule has 4 heteroatoms. The fourth-order valence-electron chi connectivity index (χ4n) is 1.87. The number of methoxy groups -OCH3 is 3. The molecule has 0 bridgehead atoms. The van der Waals surface area contributed by atoms with Gasteiger partial charge in [-0.2, -0.15) is 0 Å². The van der Waals surface area contributed by atoms with Gasteiger partial charge in [-0.25, -0.2) is 0 Å². The molecule has 1 unspecified atom stereocenters. The SMILES string of the molecule is COc1cccc(CCNC(C)C(OC)OC)c1. The lowest BCUT2D eigenvalue weighted by Gasteiger charge is -2.22. The molecule has 1 aromatic carbocycles. The van der Waals surface area contributed by atoms with Crippen LogP contribution in [-0.2, 0) is 15.9 Å². The van der Waals surface area contributed by atoms with Gasteiger partial charge in [0, 0.05) is 14.2 Å². The van der Waals surface area contributed by atoms with Gasteiger partial charge in [-0.1, -0.05) is 12.1 Å². The molecule has 0 aliphatic carbocycles. The summed E-state index contributed by atoms with van der Waals surface area (Å²) in [6, 6.07) is 8.26. The second kappa shape index (κ2) is 8.08. The summed E-state index contributed by atoms with van der Waals surface area (Å²) in [6.45, 7) is 2.92. The molecule has 1 rings (SSSR count). The third-order valence-electron chi connectivity index (χ3n) is 2.89. The van der Waals surface area contributed by atoms with Crippen LogP contribution in [0.5, 0.6) is 5.75 Å². The van der Waals surface area contributed by atoms with E-state index in [2.05, 4.69) is 17.4 Å². The van der Waals surface area contributed by atoms with Gasteiger partial charge in [-0.15, -0.1) is 0 Å². The predicted molar refractivity (Wildman–Crippen MR) is 72.0 cm³/mol. The second-order valence-electron chi connectivity index (χ2n) is 4.18. The number of hydrogen-bond donors (Lipinski definition) is 1. The van der Waals surface area contributed by atoms with Crippen molar-refractivity contribution in [2.45, 2.75) is 25.7 Å². The van der Waals surface area contributed by atoms with Crippen LogP contribution in [-0.4, -0.2) is 40.2 Å². The standard InChI is InChI=1S/C14H23NO3/c1-11(14(17-3)18-4)15-9-8-12-6-5-7-13(10-12)16-2/h5-7,10-11,14-15H,8-9H2,1-4H3. The van der Waals surface area contributed by atoms with Gasteiger partial charge >= 0.3 is 0 Å². The van der Waals surface area contributed by atoms with E-state index in [1.54, 1.807) is 21.3 Å². The first-order chi connectivity index (χ1) is 8.71. The molecule has 1 N–H and O–H groups in total. The third-order valence-corrected chi connectivity index (χ3v) is 2.89. The van der Waals surface area contributed by atoms with E-state index in [1.807, 2.05) is 19.1 Å². The Morgan fingerprint density at radius 2 is 1.89 bits per heavy atom. The molecule has 0 spiro atoms. The minimum atomic E-state index is -0.213. The largest absolute Gasteiger partial charge is 0.497 e. The zero-order valence-corrected chi connectivity index (χ0v) is 11.6. The van der Waals surface area contributed by atoms with Crippen molar-refractivity contribution in [1.29, 1.82) is 0 Å². The lowest BCUT2D eigenvalue weighted by atomic mass is 10.1. The topological polar surface area (TPSA) is 39.7 Å². The Morgan fingerprint density at radius 1 is 1.17 bits per heavy atom. The third kappa shape index (κ3) is 4.64. The molecule has 4 nitrogen and oxygen atoms in total.